The molecule has 0 heterocycles. The molecule has 0 unspecified atom stereocenters. The fourth-order valence-corrected chi connectivity index (χ4v) is 9.23. The van der Waals surface area contributed by atoms with E-state index in [1.165, 1.54) is 18.7 Å². The van der Waals surface area contributed by atoms with Gasteiger partial charge in [0.1, 0.15) is 0 Å². The fourth-order valence-electron chi connectivity index (χ4n) is 3.98. The molecular formula is C20H31FO3Si. The van der Waals surface area contributed by atoms with Gasteiger partial charge in [0.15, 0.2) is 17.3 Å². The second-order valence-electron chi connectivity index (χ2n) is 7.88. The van der Waals surface area contributed by atoms with Crippen LogP contribution in [0.15, 0.2) is 11.6 Å². The Hall–Kier alpha value is -1.49. The Morgan fingerprint density at radius 3 is 1.96 bits per heavy atom. The van der Waals surface area contributed by atoms with Gasteiger partial charge in [0.2, 0.25) is 5.75 Å². The molecule has 1 N–H and O–H groups in total. The van der Waals surface area contributed by atoms with Crippen LogP contribution in [-0.4, -0.2) is 20.5 Å². The molecule has 0 atom stereocenters. The largest absolute Gasteiger partial charge is 0.538 e. The number of halogens is 1. The normalized spacial score (nSPS) is 14.4. The highest BCUT2D eigenvalue weighted by atomic mass is 28.4. The molecule has 0 bridgehead atoms. The van der Waals surface area contributed by atoms with Crippen molar-refractivity contribution in [1.29, 1.82) is 0 Å². The van der Waals surface area contributed by atoms with E-state index in [-0.39, 0.29) is 17.2 Å². The standard InChI is InChI=1S/C20H31FO3Si/c1-12(2)25(13(3)4,14(5)6)24-20-18(21)16(10-15-8-9-15)11-17(22)19(20)23-7/h10-14,22H,8-9H2,1-7H3. The molecule has 1 aliphatic rings. The Kier molecular flexibility index (Phi) is 5.87. The molecule has 0 aromatic heterocycles. The first-order valence-electron chi connectivity index (χ1n) is 9.13. The van der Waals surface area contributed by atoms with E-state index >= 15 is 4.39 Å². The lowest BCUT2D eigenvalue weighted by atomic mass is 10.1. The molecule has 140 valence electrons. The molecule has 5 heteroatoms. The van der Waals surface area contributed by atoms with Gasteiger partial charge < -0.3 is 14.3 Å². The van der Waals surface area contributed by atoms with Crippen LogP contribution in [0.4, 0.5) is 4.39 Å². The molecule has 1 saturated carbocycles. The molecule has 1 aromatic rings. The first-order valence-corrected chi connectivity index (χ1v) is 11.3. The highest BCUT2D eigenvalue weighted by Gasteiger charge is 2.48. The minimum Gasteiger partial charge on any atom is -0.538 e. The Bertz CT molecular complexity index is 638. The van der Waals surface area contributed by atoms with Crippen molar-refractivity contribution in [2.75, 3.05) is 7.11 Å². The molecule has 0 aliphatic heterocycles. The van der Waals surface area contributed by atoms with Crippen molar-refractivity contribution < 1.29 is 18.7 Å². The van der Waals surface area contributed by atoms with Crippen LogP contribution in [-0.2, 0) is 0 Å². The number of phenols is 1. The number of methoxy groups -OCH3 is 1. The van der Waals surface area contributed by atoms with E-state index in [2.05, 4.69) is 41.5 Å². The first kappa shape index (κ1) is 19.8. The average Bonchev–Trinajstić information content (AvgIpc) is 3.31. The van der Waals surface area contributed by atoms with Crippen molar-refractivity contribution >= 4 is 14.4 Å². The Balaban J connectivity index is 2.63. The van der Waals surface area contributed by atoms with E-state index in [0.29, 0.717) is 22.2 Å². The van der Waals surface area contributed by atoms with Crippen molar-refractivity contribution in [3.8, 4) is 17.2 Å². The maximum absolute atomic E-state index is 15.3. The van der Waals surface area contributed by atoms with Crippen molar-refractivity contribution in [2.24, 2.45) is 0 Å². The van der Waals surface area contributed by atoms with E-state index < -0.39 is 14.1 Å². The van der Waals surface area contributed by atoms with Gasteiger partial charge in [-0.25, -0.2) is 4.39 Å². The smallest absolute Gasteiger partial charge is 0.259 e. The zero-order chi connectivity index (χ0) is 18.9. The van der Waals surface area contributed by atoms with Gasteiger partial charge >= 0.3 is 0 Å². The molecule has 1 fully saturated rings. The summed E-state index contributed by atoms with van der Waals surface area (Å²) in [5, 5.41) is 10.4. The van der Waals surface area contributed by atoms with Gasteiger partial charge in [0.25, 0.3) is 8.32 Å². The van der Waals surface area contributed by atoms with Crippen LogP contribution in [0.25, 0.3) is 6.08 Å². The highest BCUT2D eigenvalue weighted by molar-refractivity contribution is 6.78. The third-order valence-corrected chi connectivity index (χ3v) is 11.2. The second-order valence-corrected chi connectivity index (χ2v) is 13.3. The number of phenolic OH excluding ortho intramolecular Hbond substituents is 1. The fraction of sp³-hybridized carbons (Fsp3) is 0.600. The quantitative estimate of drug-likeness (QED) is 0.578. The number of allylic oxidation sites excluding steroid dienone is 1. The zero-order valence-electron chi connectivity index (χ0n) is 16.4. The molecule has 3 nitrogen and oxygen atoms in total. The van der Waals surface area contributed by atoms with E-state index in [1.54, 1.807) is 0 Å². The summed E-state index contributed by atoms with van der Waals surface area (Å²) in [6.45, 7) is 12.9. The Morgan fingerprint density at radius 1 is 1.04 bits per heavy atom. The lowest BCUT2D eigenvalue weighted by molar-refractivity contribution is 0.341. The van der Waals surface area contributed by atoms with Gasteiger partial charge in [-0.2, -0.15) is 0 Å². The first-order chi connectivity index (χ1) is 11.6. The molecule has 25 heavy (non-hydrogen) atoms. The number of hydrogen-bond donors (Lipinski definition) is 1. The van der Waals surface area contributed by atoms with Crippen molar-refractivity contribution in [2.45, 2.75) is 71.0 Å². The molecule has 1 aliphatic carbocycles. The van der Waals surface area contributed by atoms with E-state index in [4.69, 9.17) is 9.16 Å². The number of ether oxygens (including phenoxy) is 1. The van der Waals surface area contributed by atoms with Crippen LogP contribution in [0.2, 0.25) is 16.6 Å². The third kappa shape index (κ3) is 3.71. The minimum atomic E-state index is -2.37. The summed E-state index contributed by atoms with van der Waals surface area (Å²) >= 11 is 0. The molecule has 0 saturated heterocycles. The Morgan fingerprint density at radius 2 is 1.56 bits per heavy atom. The number of rotatable bonds is 7. The van der Waals surface area contributed by atoms with Gasteiger partial charge in [0.05, 0.1) is 7.11 Å². The number of hydrogen-bond acceptors (Lipinski definition) is 3. The maximum Gasteiger partial charge on any atom is 0.259 e. The second kappa shape index (κ2) is 7.40. The van der Waals surface area contributed by atoms with Crippen LogP contribution in [0.5, 0.6) is 17.2 Å². The topological polar surface area (TPSA) is 38.7 Å². The predicted molar refractivity (Wildman–Crippen MR) is 104 cm³/mol. The monoisotopic (exact) mass is 366 g/mol. The highest BCUT2D eigenvalue weighted by Crippen LogP contribution is 2.49. The van der Waals surface area contributed by atoms with Crippen LogP contribution in [0.3, 0.4) is 0 Å². The lowest BCUT2D eigenvalue weighted by Crippen LogP contribution is -2.51. The molecule has 0 radical (unpaired) electrons. The van der Waals surface area contributed by atoms with E-state index in [0.717, 1.165) is 12.8 Å². The van der Waals surface area contributed by atoms with Gasteiger partial charge in [-0.15, -0.1) is 0 Å². The van der Waals surface area contributed by atoms with Crippen molar-refractivity contribution in [3.05, 3.63) is 23.0 Å². The maximum atomic E-state index is 15.3. The van der Waals surface area contributed by atoms with Crippen molar-refractivity contribution in [1.82, 2.24) is 0 Å². The average molecular weight is 367 g/mol. The summed E-state index contributed by atoms with van der Waals surface area (Å²) in [6, 6.07) is 1.43. The van der Waals surface area contributed by atoms with E-state index in [9.17, 15) is 5.11 Å². The lowest BCUT2D eigenvalue weighted by Gasteiger charge is -2.42. The minimum absolute atomic E-state index is 0.0674. The summed E-state index contributed by atoms with van der Waals surface area (Å²) in [6.07, 6.45) is 3.79. The number of aromatic hydroxyl groups is 1. The molecule has 1 aromatic carbocycles. The van der Waals surface area contributed by atoms with Gasteiger partial charge in [-0.3, -0.25) is 0 Å². The van der Waals surface area contributed by atoms with E-state index in [1.807, 2.05) is 6.08 Å². The van der Waals surface area contributed by atoms with Gasteiger partial charge in [-0.1, -0.05) is 53.2 Å². The molecule has 0 amide bonds. The number of benzene rings is 1. The van der Waals surface area contributed by atoms with Crippen LogP contribution < -0.4 is 9.16 Å². The SMILES string of the molecule is COc1c(O)cc(C=C2CC2)c(F)c1O[Si](C(C)C)(C(C)C)C(C)C. The van der Waals surface area contributed by atoms with Gasteiger partial charge in [-0.05, 0) is 35.5 Å². The summed E-state index contributed by atoms with van der Waals surface area (Å²) in [4.78, 5) is 0. The Labute approximate surface area is 152 Å². The van der Waals surface area contributed by atoms with Crippen molar-refractivity contribution in [3.63, 3.8) is 0 Å². The summed E-state index contributed by atoms with van der Waals surface area (Å²) in [5.74, 6) is -0.356. The molecule has 2 rings (SSSR count). The van der Waals surface area contributed by atoms with Crippen LogP contribution >= 0.6 is 0 Å². The zero-order valence-corrected chi connectivity index (χ0v) is 17.4. The summed E-state index contributed by atoms with van der Waals surface area (Å²) in [5.41, 5.74) is 2.45. The summed E-state index contributed by atoms with van der Waals surface area (Å²) in [7, 11) is -0.935. The van der Waals surface area contributed by atoms with Crippen LogP contribution in [0, 0.1) is 5.82 Å². The molecule has 0 spiro atoms. The predicted octanol–water partition coefficient (Wildman–Crippen LogP) is 6.27. The summed E-state index contributed by atoms with van der Waals surface area (Å²) < 4.78 is 27.1. The third-order valence-electron chi connectivity index (χ3n) is 5.27. The van der Waals surface area contributed by atoms with Gasteiger partial charge in [0, 0.05) is 5.56 Å². The van der Waals surface area contributed by atoms with Crippen LogP contribution in [0.1, 0.15) is 59.9 Å². The molecular weight excluding hydrogens is 335 g/mol.